The Morgan fingerprint density at radius 3 is 2.81 bits per heavy atom. The maximum Gasteiger partial charge on any atom is 0.262 e. The van der Waals surface area contributed by atoms with Crippen LogP contribution in [0.25, 0.3) is 0 Å². The van der Waals surface area contributed by atoms with Gasteiger partial charge in [0.25, 0.3) is 10.0 Å². The number of nitrogens with one attached hydrogen (secondary N) is 2. The standard InChI is InChI=1S/C13H20N4O2S2/c1-4-12-13(8-17(3)15-12)16-21(18,19)11-6-10(20-9-11)7-14-5-2/h6,8-9,14,16H,4-5,7H2,1-3H3. The average molecular weight is 328 g/mol. The lowest BCUT2D eigenvalue weighted by atomic mass is 10.3. The first-order valence-corrected chi connectivity index (χ1v) is 9.16. The molecule has 21 heavy (non-hydrogen) atoms. The minimum Gasteiger partial charge on any atom is -0.312 e. The Balaban J connectivity index is 2.19. The maximum atomic E-state index is 12.4. The summed E-state index contributed by atoms with van der Waals surface area (Å²) in [6.45, 7) is 5.50. The number of anilines is 1. The van der Waals surface area contributed by atoms with Crippen LogP contribution in [0.2, 0.25) is 0 Å². The topological polar surface area (TPSA) is 76.0 Å². The molecule has 0 aliphatic carbocycles. The summed E-state index contributed by atoms with van der Waals surface area (Å²) in [6, 6.07) is 1.71. The molecule has 0 radical (unpaired) electrons. The summed E-state index contributed by atoms with van der Waals surface area (Å²) in [7, 11) is -1.78. The Bertz CT molecular complexity index is 704. The summed E-state index contributed by atoms with van der Waals surface area (Å²) in [5, 5.41) is 9.08. The second kappa shape index (κ2) is 6.59. The normalized spacial score (nSPS) is 11.8. The van der Waals surface area contributed by atoms with Gasteiger partial charge in [0.1, 0.15) is 0 Å². The molecule has 0 saturated carbocycles. The van der Waals surface area contributed by atoms with Crippen molar-refractivity contribution in [2.45, 2.75) is 31.7 Å². The van der Waals surface area contributed by atoms with E-state index in [4.69, 9.17) is 0 Å². The van der Waals surface area contributed by atoms with Gasteiger partial charge >= 0.3 is 0 Å². The summed E-state index contributed by atoms with van der Waals surface area (Å²) >= 11 is 1.44. The van der Waals surface area contributed by atoms with Gasteiger partial charge in [-0.2, -0.15) is 5.10 Å². The van der Waals surface area contributed by atoms with Gasteiger partial charge in [-0.15, -0.1) is 11.3 Å². The van der Waals surface area contributed by atoms with Gasteiger partial charge in [0.15, 0.2) is 0 Å². The van der Waals surface area contributed by atoms with Crippen molar-refractivity contribution < 1.29 is 8.42 Å². The summed E-state index contributed by atoms with van der Waals surface area (Å²) in [4.78, 5) is 1.30. The smallest absolute Gasteiger partial charge is 0.262 e. The van der Waals surface area contributed by atoms with Crippen LogP contribution in [0, 0.1) is 0 Å². The van der Waals surface area contributed by atoms with Crippen LogP contribution in [-0.4, -0.2) is 24.7 Å². The molecule has 8 heteroatoms. The molecular formula is C13H20N4O2S2. The van der Waals surface area contributed by atoms with Crippen molar-refractivity contribution >= 4 is 27.0 Å². The molecule has 2 N–H and O–H groups in total. The SMILES string of the molecule is CCNCc1cc(S(=O)(=O)Nc2cn(C)nc2CC)cs1. The van der Waals surface area contributed by atoms with Gasteiger partial charge in [-0.3, -0.25) is 9.40 Å². The minimum atomic E-state index is -3.56. The highest BCUT2D eigenvalue weighted by Crippen LogP contribution is 2.23. The van der Waals surface area contributed by atoms with E-state index in [1.807, 2.05) is 13.8 Å². The number of hydrogen-bond acceptors (Lipinski definition) is 5. The first-order chi connectivity index (χ1) is 9.96. The maximum absolute atomic E-state index is 12.4. The number of sulfonamides is 1. The number of hydrogen-bond donors (Lipinski definition) is 2. The molecular weight excluding hydrogens is 308 g/mol. The highest BCUT2D eigenvalue weighted by Gasteiger charge is 2.19. The molecule has 2 heterocycles. The van der Waals surface area contributed by atoms with Crippen LogP contribution >= 0.6 is 11.3 Å². The summed E-state index contributed by atoms with van der Waals surface area (Å²) in [5.74, 6) is 0. The van der Waals surface area contributed by atoms with Gasteiger partial charge in [-0.25, -0.2) is 8.42 Å². The van der Waals surface area contributed by atoms with E-state index in [0.29, 0.717) is 23.5 Å². The lowest BCUT2D eigenvalue weighted by molar-refractivity contribution is 0.601. The molecule has 6 nitrogen and oxygen atoms in total. The van der Waals surface area contributed by atoms with Crippen molar-refractivity contribution in [1.82, 2.24) is 15.1 Å². The molecule has 2 aromatic heterocycles. The molecule has 0 unspecified atom stereocenters. The fourth-order valence-corrected chi connectivity index (χ4v) is 4.24. The summed E-state index contributed by atoms with van der Waals surface area (Å²) in [6.07, 6.45) is 2.36. The minimum absolute atomic E-state index is 0.298. The molecule has 0 atom stereocenters. The molecule has 116 valence electrons. The van der Waals surface area contributed by atoms with Crippen LogP contribution in [0.3, 0.4) is 0 Å². The average Bonchev–Trinajstić information content (AvgIpc) is 3.03. The van der Waals surface area contributed by atoms with E-state index in [9.17, 15) is 8.42 Å². The van der Waals surface area contributed by atoms with E-state index in [1.165, 1.54) is 11.3 Å². The van der Waals surface area contributed by atoms with E-state index in [-0.39, 0.29) is 0 Å². The molecule has 0 saturated heterocycles. The Hall–Kier alpha value is -1.38. The fourth-order valence-electron chi connectivity index (χ4n) is 1.93. The van der Waals surface area contributed by atoms with E-state index < -0.39 is 10.0 Å². The van der Waals surface area contributed by atoms with Crippen molar-refractivity contribution in [3.63, 3.8) is 0 Å². The summed E-state index contributed by atoms with van der Waals surface area (Å²) < 4.78 is 29.0. The summed E-state index contributed by atoms with van der Waals surface area (Å²) in [5.41, 5.74) is 1.28. The monoisotopic (exact) mass is 328 g/mol. The Morgan fingerprint density at radius 1 is 1.38 bits per heavy atom. The van der Waals surface area contributed by atoms with Crippen LogP contribution in [0.4, 0.5) is 5.69 Å². The first-order valence-electron chi connectivity index (χ1n) is 6.79. The molecule has 0 aliphatic rings. The first kappa shape index (κ1) is 16.0. The van der Waals surface area contributed by atoms with Gasteiger partial charge in [-0.1, -0.05) is 13.8 Å². The molecule has 2 rings (SSSR count). The predicted molar refractivity (Wildman–Crippen MR) is 85.1 cm³/mol. The predicted octanol–water partition coefficient (Wildman–Crippen LogP) is 1.95. The second-order valence-corrected chi connectivity index (χ2v) is 7.33. The number of nitrogens with zero attached hydrogens (tertiary/aromatic N) is 2. The zero-order valence-corrected chi connectivity index (χ0v) is 14.0. The Labute approximate surface area is 129 Å². The molecule has 0 amide bonds. The van der Waals surface area contributed by atoms with Crippen molar-refractivity contribution in [1.29, 1.82) is 0 Å². The van der Waals surface area contributed by atoms with Crippen LogP contribution < -0.4 is 10.0 Å². The number of aryl methyl sites for hydroxylation is 2. The van der Waals surface area contributed by atoms with Crippen LogP contribution in [0.15, 0.2) is 22.5 Å². The van der Waals surface area contributed by atoms with Crippen LogP contribution in [-0.2, 0) is 30.0 Å². The number of aromatic nitrogens is 2. The van der Waals surface area contributed by atoms with Crippen molar-refractivity contribution in [2.24, 2.45) is 7.05 Å². The van der Waals surface area contributed by atoms with Crippen LogP contribution in [0.5, 0.6) is 0 Å². The quantitative estimate of drug-likeness (QED) is 0.814. The van der Waals surface area contributed by atoms with E-state index in [0.717, 1.165) is 17.1 Å². The molecule has 2 aromatic rings. The zero-order valence-electron chi connectivity index (χ0n) is 12.4. The van der Waals surface area contributed by atoms with Crippen molar-refractivity contribution in [3.8, 4) is 0 Å². The third-order valence-corrected chi connectivity index (χ3v) is 5.40. The Morgan fingerprint density at radius 2 is 2.14 bits per heavy atom. The van der Waals surface area contributed by atoms with Gasteiger partial charge in [0.05, 0.1) is 16.3 Å². The van der Waals surface area contributed by atoms with E-state index in [2.05, 4.69) is 15.1 Å². The zero-order chi connectivity index (χ0) is 15.5. The third-order valence-electron chi connectivity index (χ3n) is 2.97. The van der Waals surface area contributed by atoms with Crippen LogP contribution in [0.1, 0.15) is 24.4 Å². The van der Waals surface area contributed by atoms with Crippen molar-refractivity contribution in [3.05, 3.63) is 28.2 Å². The highest BCUT2D eigenvalue weighted by atomic mass is 32.2. The fraction of sp³-hybridized carbons (Fsp3) is 0.462. The molecule has 0 aromatic carbocycles. The molecule has 0 bridgehead atoms. The molecule has 0 fully saturated rings. The lowest BCUT2D eigenvalue weighted by Crippen LogP contribution is -2.13. The van der Waals surface area contributed by atoms with Gasteiger partial charge in [0, 0.05) is 30.0 Å². The molecule has 0 aliphatic heterocycles. The Kier molecular flexibility index (Phi) is 5.02. The largest absolute Gasteiger partial charge is 0.312 e. The molecule has 0 spiro atoms. The second-order valence-electron chi connectivity index (χ2n) is 4.65. The number of thiophene rings is 1. The number of rotatable bonds is 7. The van der Waals surface area contributed by atoms with E-state index >= 15 is 0 Å². The third kappa shape index (κ3) is 3.84. The van der Waals surface area contributed by atoms with E-state index in [1.54, 1.807) is 29.4 Å². The van der Waals surface area contributed by atoms with Gasteiger partial charge in [0.2, 0.25) is 0 Å². The van der Waals surface area contributed by atoms with Crippen molar-refractivity contribution in [2.75, 3.05) is 11.3 Å². The van der Waals surface area contributed by atoms with Gasteiger partial charge < -0.3 is 5.32 Å². The lowest BCUT2D eigenvalue weighted by Gasteiger charge is -2.05. The van der Waals surface area contributed by atoms with Gasteiger partial charge in [-0.05, 0) is 19.0 Å². The highest BCUT2D eigenvalue weighted by molar-refractivity contribution is 7.92.